The first-order chi connectivity index (χ1) is 7.11. The molecule has 0 saturated heterocycles. The maximum absolute atomic E-state index is 11.2. The van der Waals surface area contributed by atoms with Crippen LogP contribution in [-0.4, -0.2) is 26.6 Å². The van der Waals surface area contributed by atoms with Crippen LogP contribution in [0, 0.1) is 0 Å². The van der Waals surface area contributed by atoms with Gasteiger partial charge in [0.1, 0.15) is 0 Å². The Hall–Kier alpha value is -0.970. The molecule has 2 heterocycles. The van der Waals surface area contributed by atoms with Gasteiger partial charge in [0.2, 0.25) is 0 Å². The predicted molar refractivity (Wildman–Crippen MR) is 59.4 cm³/mol. The fourth-order valence-electron chi connectivity index (χ4n) is 1.81. The number of thioether (sulfide) groups is 1. The van der Waals surface area contributed by atoms with Gasteiger partial charge >= 0.3 is 5.97 Å². The number of carboxylic acids is 1. The number of aromatic nitrogens is 2. The first-order valence-corrected chi connectivity index (χ1v) is 6.18. The number of fused-ring (bicyclic) bond motifs is 1. The molecule has 0 unspecified atom stereocenters. The molecule has 1 aromatic rings. The van der Waals surface area contributed by atoms with Gasteiger partial charge in [-0.15, -0.1) is 0 Å². The lowest BCUT2D eigenvalue weighted by Gasteiger charge is -2.10. The van der Waals surface area contributed by atoms with Crippen molar-refractivity contribution < 1.29 is 9.90 Å². The number of hydrogen-bond acceptors (Lipinski definition) is 3. The number of hydrogen-bond donors (Lipinski definition) is 1. The Bertz CT molecular complexity index is 398. The summed E-state index contributed by atoms with van der Waals surface area (Å²) in [5.74, 6) is 0.963. The summed E-state index contributed by atoms with van der Waals surface area (Å²) in [5, 5.41) is 13.6. The summed E-state index contributed by atoms with van der Waals surface area (Å²) < 4.78 is 1.64. The molecule has 15 heavy (non-hydrogen) atoms. The molecule has 1 aliphatic heterocycles. The predicted octanol–water partition coefficient (Wildman–Crippen LogP) is 1.95. The van der Waals surface area contributed by atoms with Crippen molar-refractivity contribution in [2.24, 2.45) is 0 Å². The van der Waals surface area contributed by atoms with Crippen molar-refractivity contribution in [2.45, 2.75) is 32.1 Å². The number of carbonyl (C=O) groups is 1. The van der Waals surface area contributed by atoms with Gasteiger partial charge in [-0.05, 0) is 19.6 Å². The average Bonchev–Trinajstić information content (AvgIpc) is 2.56. The Morgan fingerprint density at radius 3 is 2.93 bits per heavy atom. The van der Waals surface area contributed by atoms with Crippen molar-refractivity contribution in [3.8, 4) is 0 Å². The van der Waals surface area contributed by atoms with E-state index >= 15 is 0 Å². The zero-order valence-electron chi connectivity index (χ0n) is 8.86. The standard InChI is InChI=1S/C10H14N2O2S/c1-6(2)12-9(10(13)14)7-5-15-4-3-8(7)11-12/h6H,3-5H2,1-2H3,(H,13,14). The Morgan fingerprint density at radius 1 is 1.60 bits per heavy atom. The largest absolute Gasteiger partial charge is 0.477 e. The first-order valence-electron chi connectivity index (χ1n) is 5.02. The SMILES string of the molecule is CC(C)n1nc2c(c1C(=O)O)CSCC2. The van der Waals surface area contributed by atoms with E-state index in [1.165, 1.54) is 0 Å². The molecule has 82 valence electrons. The van der Waals surface area contributed by atoms with Gasteiger partial charge in [0.05, 0.1) is 5.69 Å². The minimum absolute atomic E-state index is 0.103. The zero-order chi connectivity index (χ0) is 11.0. The Kier molecular flexibility index (Phi) is 2.73. The van der Waals surface area contributed by atoms with Gasteiger partial charge in [-0.2, -0.15) is 16.9 Å². The van der Waals surface area contributed by atoms with Crippen molar-refractivity contribution in [3.63, 3.8) is 0 Å². The third-order valence-electron chi connectivity index (χ3n) is 2.51. The third-order valence-corrected chi connectivity index (χ3v) is 3.50. The van der Waals surface area contributed by atoms with E-state index in [1.807, 2.05) is 13.8 Å². The molecule has 0 aromatic carbocycles. The van der Waals surface area contributed by atoms with Gasteiger partial charge in [0.15, 0.2) is 5.69 Å². The van der Waals surface area contributed by atoms with Crippen LogP contribution >= 0.6 is 11.8 Å². The highest BCUT2D eigenvalue weighted by molar-refractivity contribution is 7.98. The van der Waals surface area contributed by atoms with Crippen LogP contribution in [0.3, 0.4) is 0 Å². The summed E-state index contributed by atoms with van der Waals surface area (Å²) in [6, 6.07) is 0.103. The highest BCUT2D eigenvalue weighted by Crippen LogP contribution is 2.28. The van der Waals surface area contributed by atoms with E-state index in [4.69, 9.17) is 0 Å². The second kappa shape index (κ2) is 3.89. The van der Waals surface area contributed by atoms with Crippen LogP contribution in [0.15, 0.2) is 0 Å². The highest BCUT2D eigenvalue weighted by Gasteiger charge is 2.25. The highest BCUT2D eigenvalue weighted by atomic mass is 32.2. The number of aromatic carboxylic acids is 1. The van der Waals surface area contributed by atoms with Crippen LogP contribution in [0.1, 0.15) is 41.6 Å². The van der Waals surface area contributed by atoms with Crippen molar-refractivity contribution in [2.75, 3.05) is 5.75 Å². The molecule has 5 heteroatoms. The Balaban J connectivity index is 2.56. The van der Waals surface area contributed by atoms with Crippen molar-refractivity contribution in [1.82, 2.24) is 9.78 Å². The number of aryl methyl sites for hydroxylation is 1. The van der Waals surface area contributed by atoms with Crippen LogP contribution in [0.2, 0.25) is 0 Å². The molecule has 0 radical (unpaired) electrons. The van der Waals surface area contributed by atoms with E-state index in [-0.39, 0.29) is 6.04 Å². The first kappa shape index (κ1) is 10.5. The summed E-state index contributed by atoms with van der Waals surface area (Å²) >= 11 is 1.78. The van der Waals surface area contributed by atoms with Crippen LogP contribution < -0.4 is 0 Å². The Morgan fingerprint density at radius 2 is 2.33 bits per heavy atom. The van der Waals surface area contributed by atoms with Crippen LogP contribution in [0.5, 0.6) is 0 Å². The van der Waals surface area contributed by atoms with E-state index in [1.54, 1.807) is 16.4 Å². The molecule has 0 fully saturated rings. The van der Waals surface area contributed by atoms with Crippen LogP contribution in [-0.2, 0) is 12.2 Å². The average molecular weight is 226 g/mol. The zero-order valence-corrected chi connectivity index (χ0v) is 9.67. The topological polar surface area (TPSA) is 55.1 Å². The van der Waals surface area contributed by atoms with E-state index in [9.17, 15) is 9.90 Å². The molecule has 0 aliphatic carbocycles. The molecule has 1 N–H and O–H groups in total. The van der Waals surface area contributed by atoms with Crippen LogP contribution in [0.4, 0.5) is 0 Å². The van der Waals surface area contributed by atoms with Gasteiger partial charge in [-0.1, -0.05) is 0 Å². The van der Waals surface area contributed by atoms with Crippen molar-refractivity contribution in [1.29, 1.82) is 0 Å². The number of carboxylic acid groups (broad SMARTS) is 1. The second-order valence-electron chi connectivity index (χ2n) is 3.92. The van der Waals surface area contributed by atoms with E-state index < -0.39 is 5.97 Å². The normalized spacial score (nSPS) is 15.4. The Labute approximate surface area is 92.7 Å². The minimum Gasteiger partial charge on any atom is -0.477 e. The maximum Gasteiger partial charge on any atom is 0.354 e. The molecular weight excluding hydrogens is 212 g/mol. The molecule has 0 amide bonds. The summed E-state index contributed by atoms with van der Waals surface area (Å²) in [6.45, 7) is 3.91. The fourth-order valence-corrected chi connectivity index (χ4v) is 2.80. The van der Waals surface area contributed by atoms with Gasteiger partial charge in [0, 0.05) is 23.8 Å². The van der Waals surface area contributed by atoms with Crippen molar-refractivity contribution in [3.05, 3.63) is 17.0 Å². The number of nitrogens with zero attached hydrogens (tertiary/aromatic N) is 2. The summed E-state index contributed by atoms with van der Waals surface area (Å²) in [6.07, 6.45) is 0.889. The molecule has 4 nitrogen and oxygen atoms in total. The van der Waals surface area contributed by atoms with Gasteiger partial charge in [-0.3, -0.25) is 4.68 Å². The third kappa shape index (κ3) is 1.76. The lowest BCUT2D eigenvalue weighted by atomic mass is 10.1. The van der Waals surface area contributed by atoms with Crippen molar-refractivity contribution >= 4 is 17.7 Å². The molecule has 1 aliphatic rings. The number of rotatable bonds is 2. The minimum atomic E-state index is -0.861. The monoisotopic (exact) mass is 226 g/mol. The quantitative estimate of drug-likeness (QED) is 0.837. The second-order valence-corrected chi connectivity index (χ2v) is 5.03. The van der Waals surface area contributed by atoms with E-state index in [0.29, 0.717) is 5.69 Å². The molecule has 0 saturated carbocycles. The molecular formula is C10H14N2O2S. The summed E-state index contributed by atoms with van der Waals surface area (Å²) in [5.41, 5.74) is 2.28. The molecule has 1 aromatic heterocycles. The lowest BCUT2D eigenvalue weighted by molar-refractivity contribution is 0.0680. The summed E-state index contributed by atoms with van der Waals surface area (Å²) in [7, 11) is 0. The van der Waals surface area contributed by atoms with Crippen LogP contribution in [0.25, 0.3) is 0 Å². The lowest BCUT2D eigenvalue weighted by Crippen LogP contribution is -2.13. The maximum atomic E-state index is 11.2. The van der Waals surface area contributed by atoms with Gasteiger partial charge in [-0.25, -0.2) is 4.79 Å². The molecule has 0 spiro atoms. The van der Waals surface area contributed by atoms with E-state index in [2.05, 4.69) is 5.10 Å². The molecule has 2 rings (SSSR count). The van der Waals surface area contributed by atoms with Gasteiger partial charge in [0.25, 0.3) is 0 Å². The van der Waals surface area contributed by atoms with E-state index in [0.717, 1.165) is 29.2 Å². The fraction of sp³-hybridized carbons (Fsp3) is 0.600. The van der Waals surface area contributed by atoms with Gasteiger partial charge < -0.3 is 5.11 Å². The molecule has 0 bridgehead atoms. The molecule has 0 atom stereocenters. The smallest absolute Gasteiger partial charge is 0.354 e. The summed E-state index contributed by atoms with van der Waals surface area (Å²) in [4.78, 5) is 11.2.